The van der Waals surface area contributed by atoms with E-state index in [9.17, 15) is 0 Å². The number of nitrogens with two attached hydrogens (primary N) is 1. The number of para-hydroxylation sites is 1. The molecule has 0 radical (unpaired) electrons. The van der Waals surface area contributed by atoms with Gasteiger partial charge in [-0.3, -0.25) is 0 Å². The van der Waals surface area contributed by atoms with Crippen LogP contribution < -0.4 is 10.6 Å². The Balaban J connectivity index is 2.97. The summed E-state index contributed by atoms with van der Waals surface area (Å²) in [5, 5.41) is 0. The molecule has 2 nitrogen and oxygen atoms in total. The normalized spacial score (nSPS) is 14.3. The summed E-state index contributed by atoms with van der Waals surface area (Å²) in [6, 6.07) is 8.72. The largest absolute Gasteiger partial charge is 0.371 e. The molecule has 0 aromatic heterocycles. The number of rotatable bonds is 7. The fourth-order valence-electron chi connectivity index (χ4n) is 2.21. The first-order valence-corrected chi connectivity index (χ1v) is 7.23. The lowest BCUT2D eigenvalue weighted by atomic mass is 10.0. The Morgan fingerprint density at radius 2 is 1.78 bits per heavy atom. The second-order valence-electron chi connectivity index (χ2n) is 5.13. The van der Waals surface area contributed by atoms with E-state index in [1.165, 1.54) is 17.7 Å². The number of hydrogen-bond acceptors (Lipinski definition) is 2. The van der Waals surface area contributed by atoms with Gasteiger partial charge in [-0.1, -0.05) is 45.4 Å². The van der Waals surface area contributed by atoms with Crippen molar-refractivity contribution in [2.24, 2.45) is 11.7 Å². The minimum Gasteiger partial charge on any atom is -0.371 e. The topological polar surface area (TPSA) is 29.3 Å². The number of hydrogen-bond donors (Lipinski definition) is 1. The van der Waals surface area contributed by atoms with Crippen molar-refractivity contribution in [3.05, 3.63) is 29.8 Å². The third-order valence-electron chi connectivity index (χ3n) is 3.73. The van der Waals surface area contributed by atoms with Gasteiger partial charge in [-0.05, 0) is 30.9 Å². The summed E-state index contributed by atoms with van der Waals surface area (Å²) < 4.78 is 0. The molecule has 0 bridgehead atoms. The maximum Gasteiger partial charge on any atom is 0.0414 e. The number of anilines is 1. The molecule has 0 aliphatic carbocycles. The Hall–Kier alpha value is -1.02. The zero-order chi connectivity index (χ0) is 13.5. The van der Waals surface area contributed by atoms with Crippen molar-refractivity contribution in [1.29, 1.82) is 0 Å². The van der Waals surface area contributed by atoms with Gasteiger partial charge in [0.2, 0.25) is 0 Å². The van der Waals surface area contributed by atoms with Crippen LogP contribution in [0.2, 0.25) is 0 Å². The van der Waals surface area contributed by atoms with Crippen LogP contribution in [-0.4, -0.2) is 13.1 Å². The fraction of sp³-hybridized carbons (Fsp3) is 0.625. The summed E-state index contributed by atoms with van der Waals surface area (Å²) in [7, 11) is 0. The molecule has 0 aliphatic rings. The van der Waals surface area contributed by atoms with Crippen LogP contribution >= 0.6 is 0 Å². The minimum atomic E-state index is 0.146. The highest BCUT2D eigenvalue weighted by molar-refractivity contribution is 5.55. The third kappa shape index (κ3) is 3.74. The van der Waals surface area contributed by atoms with E-state index in [1.807, 2.05) is 0 Å². The van der Waals surface area contributed by atoms with Crippen molar-refractivity contribution in [3.8, 4) is 0 Å². The lowest BCUT2D eigenvalue weighted by Gasteiger charge is -2.29. The Labute approximate surface area is 112 Å². The van der Waals surface area contributed by atoms with Gasteiger partial charge in [-0.15, -0.1) is 0 Å². The van der Waals surface area contributed by atoms with Crippen molar-refractivity contribution < 1.29 is 0 Å². The Bertz CT molecular complexity index is 349. The van der Waals surface area contributed by atoms with Gasteiger partial charge >= 0.3 is 0 Å². The van der Waals surface area contributed by atoms with E-state index in [4.69, 9.17) is 5.73 Å². The first kappa shape index (κ1) is 15.0. The summed E-state index contributed by atoms with van der Waals surface area (Å²) in [6.07, 6.45) is 2.20. The summed E-state index contributed by atoms with van der Waals surface area (Å²) >= 11 is 0. The molecule has 0 fully saturated rings. The highest BCUT2D eigenvalue weighted by Gasteiger charge is 2.15. The highest BCUT2D eigenvalue weighted by atomic mass is 15.1. The molecule has 0 saturated heterocycles. The highest BCUT2D eigenvalue weighted by Crippen LogP contribution is 2.27. The van der Waals surface area contributed by atoms with Crippen molar-refractivity contribution in [1.82, 2.24) is 0 Å². The third-order valence-corrected chi connectivity index (χ3v) is 3.73. The predicted molar refractivity (Wildman–Crippen MR) is 81.0 cm³/mol. The van der Waals surface area contributed by atoms with Gasteiger partial charge in [0.25, 0.3) is 0 Å². The summed E-state index contributed by atoms with van der Waals surface area (Å²) in [5.41, 5.74) is 8.82. The van der Waals surface area contributed by atoms with Crippen LogP contribution in [0.25, 0.3) is 0 Å². The van der Waals surface area contributed by atoms with E-state index < -0.39 is 0 Å². The molecule has 0 amide bonds. The van der Waals surface area contributed by atoms with Crippen molar-refractivity contribution >= 4 is 5.69 Å². The maximum absolute atomic E-state index is 6.22. The SMILES string of the molecule is CCC(C)CN(CC)c1ccccc1C(N)CC. The molecule has 1 aromatic rings. The van der Waals surface area contributed by atoms with Crippen LogP contribution in [0.4, 0.5) is 5.69 Å². The van der Waals surface area contributed by atoms with E-state index in [0.717, 1.165) is 25.4 Å². The molecular weight excluding hydrogens is 220 g/mol. The van der Waals surface area contributed by atoms with E-state index in [-0.39, 0.29) is 6.04 Å². The van der Waals surface area contributed by atoms with E-state index >= 15 is 0 Å². The summed E-state index contributed by atoms with van der Waals surface area (Å²) in [6.45, 7) is 11.1. The maximum atomic E-state index is 6.22. The smallest absolute Gasteiger partial charge is 0.0414 e. The van der Waals surface area contributed by atoms with Crippen molar-refractivity contribution in [3.63, 3.8) is 0 Å². The van der Waals surface area contributed by atoms with Gasteiger partial charge in [0, 0.05) is 24.8 Å². The Morgan fingerprint density at radius 1 is 1.11 bits per heavy atom. The second kappa shape index (κ2) is 7.42. The van der Waals surface area contributed by atoms with Crippen LogP contribution in [0.3, 0.4) is 0 Å². The molecule has 1 rings (SSSR count). The zero-order valence-electron chi connectivity index (χ0n) is 12.3. The second-order valence-corrected chi connectivity index (χ2v) is 5.13. The first-order chi connectivity index (χ1) is 8.63. The van der Waals surface area contributed by atoms with Gasteiger partial charge in [-0.25, -0.2) is 0 Å². The predicted octanol–water partition coefficient (Wildman–Crippen LogP) is 3.97. The molecule has 2 atom stereocenters. The Morgan fingerprint density at radius 3 is 2.33 bits per heavy atom. The quantitative estimate of drug-likeness (QED) is 0.791. The first-order valence-electron chi connectivity index (χ1n) is 7.23. The Kier molecular flexibility index (Phi) is 6.20. The van der Waals surface area contributed by atoms with Crippen LogP contribution in [0.5, 0.6) is 0 Å². The van der Waals surface area contributed by atoms with Gasteiger partial charge in [-0.2, -0.15) is 0 Å². The lowest BCUT2D eigenvalue weighted by Crippen LogP contribution is -2.29. The summed E-state index contributed by atoms with van der Waals surface area (Å²) in [4.78, 5) is 2.46. The van der Waals surface area contributed by atoms with Gasteiger partial charge in [0.15, 0.2) is 0 Å². The molecule has 0 aliphatic heterocycles. The fourth-order valence-corrected chi connectivity index (χ4v) is 2.21. The molecule has 1 aromatic carbocycles. The monoisotopic (exact) mass is 248 g/mol. The molecule has 18 heavy (non-hydrogen) atoms. The van der Waals surface area contributed by atoms with Gasteiger partial charge in [0.1, 0.15) is 0 Å². The molecular formula is C16H28N2. The van der Waals surface area contributed by atoms with Crippen LogP contribution in [0.15, 0.2) is 24.3 Å². The van der Waals surface area contributed by atoms with Crippen molar-refractivity contribution in [2.45, 2.75) is 46.6 Å². The van der Waals surface area contributed by atoms with Crippen LogP contribution in [0, 0.1) is 5.92 Å². The van der Waals surface area contributed by atoms with E-state index in [1.54, 1.807) is 0 Å². The number of nitrogens with zero attached hydrogens (tertiary/aromatic N) is 1. The van der Waals surface area contributed by atoms with E-state index in [0.29, 0.717) is 0 Å². The molecule has 2 N–H and O–H groups in total. The molecule has 2 unspecified atom stereocenters. The van der Waals surface area contributed by atoms with E-state index in [2.05, 4.69) is 56.9 Å². The standard InChI is InChI=1S/C16H28N2/c1-5-13(4)12-18(7-3)16-11-9-8-10-14(16)15(17)6-2/h8-11,13,15H,5-7,12,17H2,1-4H3. The van der Waals surface area contributed by atoms with Crippen molar-refractivity contribution in [2.75, 3.05) is 18.0 Å². The molecule has 102 valence electrons. The molecule has 0 heterocycles. The number of benzene rings is 1. The van der Waals surface area contributed by atoms with Crippen LogP contribution in [-0.2, 0) is 0 Å². The molecule has 2 heteroatoms. The lowest BCUT2D eigenvalue weighted by molar-refractivity contribution is 0.545. The van der Waals surface area contributed by atoms with Gasteiger partial charge < -0.3 is 10.6 Å². The van der Waals surface area contributed by atoms with Crippen LogP contribution in [0.1, 0.15) is 52.1 Å². The summed E-state index contributed by atoms with van der Waals surface area (Å²) in [5.74, 6) is 0.718. The average molecular weight is 248 g/mol. The molecule has 0 spiro atoms. The minimum absolute atomic E-state index is 0.146. The average Bonchev–Trinajstić information content (AvgIpc) is 2.43. The van der Waals surface area contributed by atoms with Gasteiger partial charge in [0.05, 0.1) is 0 Å². The molecule has 0 saturated carbocycles. The zero-order valence-corrected chi connectivity index (χ0v) is 12.3.